The Morgan fingerprint density at radius 2 is 2.00 bits per heavy atom. The van der Waals surface area contributed by atoms with Crippen molar-refractivity contribution in [3.8, 4) is 5.75 Å². The smallest absolute Gasteiger partial charge is 0.191 e. The van der Waals surface area contributed by atoms with Crippen LogP contribution in [0, 0.1) is 5.92 Å². The van der Waals surface area contributed by atoms with Gasteiger partial charge in [0.1, 0.15) is 5.75 Å². The Morgan fingerprint density at radius 3 is 2.60 bits per heavy atom. The number of rotatable bonds is 7. The lowest BCUT2D eigenvalue weighted by Gasteiger charge is -2.12. The van der Waals surface area contributed by atoms with Gasteiger partial charge in [0.05, 0.1) is 7.11 Å². The minimum atomic E-state index is 0.770. The van der Waals surface area contributed by atoms with Crippen molar-refractivity contribution in [3.05, 3.63) is 29.8 Å². The molecular weight excluding hydrogens is 250 g/mol. The van der Waals surface area contributed by atoms with E-state index in [-0.39, 0.29) is 0 Å². The van der Waals surface area contributed by atoms with E-state index in [4.69, 9.17) is 4.74 Å². The molecule has 0 unspecified atom stereocenters. The van der Waals surface area contributed by atoms with E-state index in [2.05, 4.69) is 27.8 Å². The first-order valence-electron chi connectivity index (χ1n) is 7.39. The summed E-state index contributed by atoms with van der Waals surface area (Å²) in [6, 6.07) is 8.07. The molecule has 0 bridgehead atoms. The number of methoxy groups -OCH3 is 1. The second-order valence-corrected chi connectivity index (χ2v) is 5.29. The number of aliphatic imine (C=N–C) groups is 1. The second-order valence-electron chi connectivity index (χ2n) is 5.29. The number of nitrogens with one attached hydrogen (secondary N) is 2. The van der Waals surface area contributed by atoms with Crippen LogP contribution in [-0.2, 0) is 6.54 Å². The summed E-state index contributed by atoms with van der Waals surface area (Å²) in [5.74, 6) is 2.76. The first kappa shape index (κ1) is 14.7. The van der Waals surface area contributed by atoms with Crippen LogP contribution in [-0.4, -0.2) is 26.7 Å². The van der Waals surface area contributed by atoms with Gasteiger partial charge in [-0.2, -0.15) is 0 Å². The summed E-state index contributed by atoms with van der Waals surface area (Å²) in [5.41, 5.74) is 1.21. The zero-order chi connectivity index (χ0) is 14.2. The number of guanidine groups is 1. The maximum Gasteiger partial charge on any atom is 0.191 e. The predicted octanol–water partition coefficient (Wildman–Crippen LogP) is 2.55. The number of benzene rings is 1. The zero-order valence-electron chi connectivity index (χ0n) is 12.5. The van der Waals surface area contributed by atoms with Gasteiger partial charge in [-0.3, -0.25) is 4.99 Å². The van der Waals surface area contributed by atoms with Crippen LogP contribution in [0.25, 0.3) is 0 Å². The monoisotopic (exact) mass is 275 g/mol. The first-order chi connectivity index (χ1) is 9.81. The van der Waals surface area contributed by atoms with Crippen molar-refractivity contribution in [2.75, 3.05) is 20.7 Å². The van der Waals surface area contributed by atoms with E-state index in [0.717, 1.165) is 30.7 Å². The molecule has 4 nitrogen and oxygen atoms in total. The molecule has 0 saturated heterocycles. The number of nitrogens with zero attached hydrogens (tertiary/aromatic N) is 1. The third kappa shape index (κ3) is 5.11. The second kappa shape index (κ2) is 7.78. The van der Waals surface area contributed by atoms with Gasteiger partial charge in [-0.05, 0) is 36.5 Å². The summed E-state index contributed by atoms with van der Waals surface area (Å²) in [6.45, 7) is 1.77. The van der Waals surface area contributed by atoms with E-state index >= 15 is 0 Å². The SMILES string of the molecule is CN=C(NCCCC1CC1)NCc1ccc(OC)cc1. The fourth-order valence-electron chi connectivity index (χ4n) is 2.15. The lowest BCUT2D eigenvalue weighted by atomic mass is 10.2. The van der Waals surface area contributed by atoms with Crippen LogP contribution in [0.1, 0.15) is 31.2 Å². The van der Waals surface area contributed by atoms with Crippen LogP contribution in [0.2, 0.25) is 0 Å². The average Bonchev–Trinajstić information content (AvgIpc) is 3.31. The lowest BCUT2D eigenvalue weighted by molar-refractivity contribution is 0.414. The Kier molecular flexibility index (Phi) is 5.71. The highest BCUT2D eigenvalue weighted by molar-refractivity contribution is 5.79. The Bertz CT molecular complexity index is 424. The normalized spacial score (nSPS) is 15.0. The molecule has 2 N–H and O–H groups in total. The molecule has 0 atom stereocenters. The van der Waals surface area contributed by atoms with Crippen molar-refractivity contribution in [2.24, 2.45) is 10.9 Å². The first-order valence-corrected chi connectivity index (χ1v) is 7.39. The van der Waals surface area contributed by atoms with Crippen LogP contribution < -0.4 is 15.4 Å². The van der Waals surface area contributed by atoms with Crippen LogP contribution >= 0.6 is 0 Å². The van der Waals surface area contributed by atoms with Crippen molar-refractivity contribution in [2.45, 2.75) is 32.2 Å². The van der Waals surface area contributed by atoms with Gasteiger partial charge in [0.25, 0.3) is 0 Å². The van der Waals surface area contributed by atoms with Crippen molar-refractivity contribution in [1.82, 2.24) is 10.6 Å². The molecule has 1 saturated carbocycles. The average molecular weight is 275 g/mol. The minimum absolute atomic E-state index is 0.770. The Morgan fingerprint density at radius 1 is 1.25 bits per heavy atom. The Balaban J connectivity index is 1.66. The van der Waals surface area contributed by atoms with E-state index < -0.39 is 0 Å². The van der Waals surface area contributed by atoms with E-state index in [1.165, 1.54) is 31.2 Å². The standard InChI is InChI=1S/C16H25N3O/c1-17-16(18-11-3-4-13-5-6-13)19-12-14-7-9-15(20-2)10-8-14/h7-10,13H,3-6,11-12H2,1-2H3,(H2,17,18,19). The predicted molar refractivity (Wildman–Crippen MR) is 83.2 cm³/mol. The van der Waals surface area contributed by atoms with Gasteiger partial charge in [0.2, 0.25) is 0 Å². The largest absolute Gasteiger partial charge is 0.497 e. The molecule has 0 spiro atoms. The Labute approximate surface area is 121 Å². The van der Waals surface area contributed by atoms with Gasteiger partial charge in [0, 0.05) is 20.1 Å². The summed E-state index contributed by atoms with van der Waals surface area (Å²) >= 11 is 0. The topological polar surface area (TPSA) is 45.7 Å². The maximum atomic E-state index is 5.15. The fraction of sp³-hybridized carbons (Fsp3) is 0.562. The van der Waals surface area contributed by atoms with Gasteiger partial charge in [-0.25, -0.2) is 0 Å². The molecule has 0 heterocycles. The number of ether oxygens (including phenoxy) is 1. The van der Waals surface area contributed by atoms with Crippen LogP contribution in [0.3, 0.4) is 0 Å². The molecule has 20 heavy (non-hydrogen) atoms. The third-order valence-electron chi connectivity index (χ3n) is 3.62. The summed E-state index contributed by atoms with van der Waals surface area (Å²) in [5, 5.41) is 6.68. The molecule has 2 rings (SSSR count). The summed E-state index contributed by atoms with van der Waals surface area (Å²) in [6.07, 6.45) is 5.45. The van der Waals surface area contributed by atoms with Crippen LogP contribution in [0.5, 0.6) is 5.75 Å². The van der Waals surface area contributed by atoms with Gasteiger partial charge < -0.3 is 15.4 Å². The molecule has 1 aliphatic carbocycles. The molecule has 0 radical (unpaired) electrons. The highest BCUT2D eigenvalue weighted by atomic mass is 16.5. The molecule has 1 aromatic rings. The molecule has 1 aliphatic rings. The summed E-state index contributed by atoms with van der Waals surface area (Å²) < 4.78 is 5.15. The minimum Gasteiger partial charge on any atom is -0.497 e. The lowest BCUT2D eigenvalue weighted by Crippen LogP contribution is -2.37. The van der Waals surface area contributed by atoms with Crippen molar-refractivity contribution in [3.63, 3.8) is 0 Å². The van der Waals surface area contributed by atoms with E-state index in [9.17, 15) is 0 Å². The third-order valence-corrected chi connectivity index (χ3v) is 3.62. The fourth-order valence-corrected chi connectivity index (χ4v) is 2.15. The Hall–Kier alpha value is -1.71. The van der Waals surface area contributed by atoms with E-state index in [1.54, 1.807) is 7.11 Å². The highest BCUT2D eigenvalue weighted by Gasteiger charge is 2.19. The molecular formula is C16H25N3O. The summed E-state index contributed by atoms with van der Waals surface area (Å²) in [4.78, 5) is 4.24. The maximum absolute atomic E-state index is 5.15. The van der Waals surface area contributed by atoms with Crippen LogP contribution in [0.15, 0.2) is 29.3 Å². The molecule has 4 heteroatoms. The molecule has 0 aliphatic heterocycles. The number of hydrogen-bond donors (Lipinski definition) is 2. The zero-order valence-corrected chi connectivity index (χ0v) is 12.5. The van der Waals surface area contributed by atoms with Gasteiger partial charge in [-0.15, -0.1) is 0 Å². The highest BCUT2D eigenvalue weighted by Crippen LogP contribution is 2.33. The van der Waals surface area contributed by atoms with Gasteiger partial charge >= 0.3 is 0 Å². The summed E-state index contributed by atoms with van der Waals surface area (Å²) in [7, 11) is 3.49. The van der Waals surface area contributed by atoms with E-state index in [0.29, 0.717) is 0 Å². The quantitative estimate of drug-likeness (QED) is 0.457. The molecule has 1 aromatic carbocycles. The van der Waals surface area contributed by atoms with E-state index in [1.807, 2.05) is 19.2 Å². The molecule has 0 aromatic heterocycles. The van der Waals surface area contributed by atoms with Gasteiger partial charge in [-0.1, -0.05) is 25.0 Å². The number of hydrogen-bond acceptors (Lipinski definition) is 2. The molecule has 1 fully saturated rings. The van der Waals surface area contributed by atoms with Gasteiger partial charge in [0.15, 0.2) is 5.96 Å². The van der Waals surface area contributed by atoms with Crippen molar-refractivity contribution in [1.29, 1.82) is 0 Å². The van der Waals surface area contributed by atoms with Crippen molar-refractivity contribution < 1.29 is 4.74 Å². The van der Waals surface area contributed by atoms with Crippen molar-refractivity contribution >= 4 is 5.96 Å². The molecule has 110 valence electrons. The molecule has 0 amide bonds. The van der Waals surface area contributed by atoms with Crippen LogP contribution in [0.4, 0.5) is 0 Å².